The summed E-state index contributed by atoms with van der Waals surface area (Å²) in [5, 5.41) is 0. The molecular weight excluding hydrogens is 227 g/mol. The van der Waals surface area contributed by atoms with Gasteiger partial charge in [0.1, 0.15) is 0 Å². The largest absolute Gasteiger partial charge is 0.376 e. The van der Waals surface area contributed by atoms with Gasteiger partial charge in [0, 0.05) is 21.3 Å². The molecule has 5 heteroatoms. The molecular formula is C11H17O4P. The first-order chi connectivity index (χ1) is 7.65. The van der Waals surface area contributed by atoms with Crippen LogP contribution in [0.15, 0.2) is 30.3 Å². The van der Waals surface area contributed by atoms with Crippen LogP contribution in [0.3, 0.4) is 0 Å². The summed E-state index contributed by atoms with van der Waals surface area (Å²) in [6.45, 7) is 0. The fourth-order valence-corrected chi connectivity index (χ4v) is 2.62. The second-order valence-corrected chi connectivity index (χ2v) is 5.61. The molecule has 0 heterocycles. The maximum Gasteiger partial charge on any atom is 0.333 e. The Labute approximate surface area is 96.1 Å². The highest BCUT2D eigenvalue weighted by Crippen LogP contribution is 2.49. The van der Waals surface area contributed by atoms with Crippen LogP contribution in [-0.4, -0.2) is 27.5 Å². The molecule has 1 atom stereocenters. The van der Waals surface area contributed by atoms with Crippen molar-refractivity contribution < 1.29 is 18.3 Å². The van der Waals surface area contributed by atoms with Crippen LogP contribution < -0.4 is 0 Å². The van der Waals surface area contributed by atoms with E-state index in [1.807, 2.05) is 30.3 Å². The average molecular weight is 244 g/mol. The molecule has 0 aromatic heterocycles. The van der Waals surface area contributed by atoms with Crippen molar-refractivity contribution in [3.05, 3.63) is 35.9 Å². The third kappa shape index (κ3) is 3.42. The zero-order valence-electron chi connectivity index (χ0n) is 9.75. The molecule has 0 fully saturated rings. The summed E-state index contributed by atoms with van der Waals surface area (Å²) >= 11 is 0. The van der Waals surface area contributed by atoms with Crippen molar-refractivity contribution in [2.75, 3.05) is 27.5 Å². The molecule has 1 unspecified atom stereocenters. The van der Waals surface area contributed by atoms with Gasteiger partial charge in [0.25, 0.3) is 0 Å². The van der Waals surface area contributed by atoms with Crippen LogP contribution in [-0.2, 0) is 18.3 Å². The van der Waals surface area contributed by atoms with E-state index in [4.69, 9.17) is 13.8 Å². The predicted octanol–water partition coefficient (Wildman–Crippen LogP) is 2.86. The van der Waals surface area contributed by atoms with E-state index < -0.39 is 7.60 Å². The highest BCUT2D eigenvalue weighted by molar-refractivity contribution is 7.53. The smallest absolute Gasteiger partial charge is 0.333 e. The second kappa shape index (κ2) is 6.16. The van der Waals surface area contributed by atoms with E-state index in [9.17, 15) is 4.57 Å². The van der Waals surface area contributed by atoms with Gasteiger partial charge in [-0.1, -0.05) is 30.3 Å². The molecule has 0 aliphatic heterocycles. The monoisotopic (exact) mass is 244 g/mol. The van der Waals surface area contributed by atoms with Gasteiger partial charge in [-0.25, -0.2) is 0 Å². The van der Waals surface area contributed by atoms with Gasteiger partial charge in [0.2, 0.25) is 0 Å². The average Bonchev–Trinajstić information content (AvgIpc) is 2.36. The predicted molar refractivity (Wildman–Crippen MR) is 62.7 cm³/mol. The molecule has 0 radical (unpaired) electrons. The van der Waals surface area contributed by atoms with Crippen LogP contribution in [0, 0.1) is 0 Å². The van der Waals surface area contributed by atoms with Gasteiger partial charge in [-0.3, -0.25) is 4.57 Å². The van der Waals surface area contributed by atoms with Gasteiger partial charge >= 0.3 is 7.60 Å². The maximum atomic E-state index is 12.0. The second-order valence-electron chi connectivity index (χ2n) is 3.29. The highest BCUT2D eigenvalue weighted by Gasteiger charge is 2.27. The topological polar surface area (TPSA) is 44.8 Å². The molecule has 0 aliphatic carbocycles. The lowest BCUT2D eigenvalue weighted by molar-refractivity contribution is 0.114. The first-order valence-corrected chi connectivity index (χ1v) is 6.66. The summed E-state index contributed by atoms with van der Waals surface area (Å²) in [7, 11) is 1.29. The molecule has 16 heavy (non-hydrogen) atoms. The van der Waals surface area contributed by atoms with Gasteiger partial charge in [0.05, 0.1) is 12.3 Å². The Hall–Kier alpha value is -0.670. The minimum Gasteiger partial charge on any atom is -0.376 e. The van der Waals surface area contributed by atoms with Gasteiger partial charge < -0.3 is 13.8 Å². The van der Waals surface area contributed by atoms with Crippen molar-refractivity contribution in [2.45, 2.75) is 6.10 Å². The van der Waals surface area contributed by atoms with Crippen LogP contribution in [0.1, 0.15) is 11.7 Å². The molecule has 0 aliphatic rings. The molecule has 1 aromatic rings. The highest BCUT2D eigenvalue weighted by atomic mass is 31.2. The Kier molecular flexibility index (Phi) is 5.16. The van der Waals surface area contributed by atoms with Crippen molar-refractivity contribution in [1.82, 2.24) is 0 Å². The summed E-state index contributed by atoms with van der Waals surface area (Å²) in [4.78, 5) is 0. The molecule has 90 valence electrons. The van der Waals surface area contributed by atoms with Gasteiger partial charge in [-0.2, -0.15) is 0 Å². The van der Waals surface area contributed by atoms with Gasteiger partial charge in [-0.15, -0.1) is 0 Å². The van der Waals surface area contributed by atoms with Crippen LogP contribution >= 0.6 is 7.60 Å². The summed E-state index contributed by atoms with van der Waals surface area (Å²) < 4.78 is 27.1. The zero-order chi connectivity index (χ0) is 12.0. The van der Waals surface area contributed by atoms with Crippen molar-refractivity contribution >= 4 is 7.60 Å². The third-order valence-electron chi connectivity index (χ3n) is 2.40. The fourth-order valence-electron chi connectivity index (χ4n) is 1.41. The van der Waals surface area contributed by atoms with E-state index in [0.29, 0.717) is 0 Å². The number of hydrogen-bond donors (Lipinski definition) is 0. The molecule has 0 N–H and O–H groups in total. The lowest BCUT2D eigenvalue weighted by Crippen LogP contribution is -2.09. The normalized spacial score (nSPS) is 13.7. The van der Waals surface area contributed by atoms with E-state index in [1.54, 1.807) is 7.11 Å². The number of methoxy groups -OCH3 is 1. The lowest BCUT2D eigenvalue weighted by Gasteiger charge is -2.20. The van der Waals surface area contributed by atoms with E-state index in [2.05, 4.69) is 0 Å². The Morgan fingerprint density at radius 3 is 2.12 bits per heavy atom. The van der Waals surface area contributed by atoms with E-state index in [0.717, 1.165) is 5.56 Å². The number of hydrogen-bond acceptors (Lipinski definition) is 4. The summed E-state index contributed by atoms with van der Waals surface area (Å²) in [6, 6.07) is 9.58. The minimum absolute atomic E-state index is 0.209. The van der Waals surface area contributed by atoms with E-state index in [1.165, 1.54) is 14.2 Å². The van der Waals surface area contributed by atoms with Gasteiger partial charge in [0.15, 0.2) is 0 Å². The van der Waals surface area contributed by atoms with Crippen LogP contribution in [0.5, 0.6) is 0 Å². The molecule has 0 saturated heterocycles. The van der Waals surface area contributed by atoms with Crippen molar-refractivity contribution in [1.29, 1.82) is 0 Å². The lowest BCUT2D eigenvalue weighted by atomic mass is 10.1. The Morgan fingerprint density at radius 2 is 1.69 bits per heavy atom. The third-order valence-corrected chi connectivity index (χ3v) is 4.29. The molecule has 1 aromatic carbocycles. The molecule has 0 spiro atoms. The standard InChI is InChI=1S/C11H17O4P/c1-13-11(9-16(12,14-2)15-3)10-7-5-4-6-8-10/h4-8,11H,9H2,1-3H3. The van der Waals surface area contributed by atoms with Crippen LogP contribution in [0.4, 0.5) is 0 Å². The van der Waals surface area contributed by atoms with Crippen molar-refractivity contribution in [3.8, 4) is 0 Å². The first kappa shape index (κ1) is 13.4. The van der Waals surface area contributed by atoms with Crippen LogP contribution in [0.2, 0.25) is 0 Å². The summed E-state index contributed by atoms with van der Waals surface area (Å²) in [5.41, 5.74) is 0.958. The molecule has 0 bridgehead atoms. The SMILES string of the molecule is COC(CP(=O)(OC)OC)c1ccccc1. The quantitative estimate of drug-likeness (QED) is 0.722. The van der Waals surface area contributed by atoms with E-state index in [-0.39, 0.29) is 12.3 Å². The van der Waals surface area contributed by atoms with Gasteiger partial charge in [-0.05, 0) is 5.56 Å². The number of rotatable bonds is 6. The Bertz CT molecular complexity index is 344. The minimum atomic E-state index is -3.04. The maximum absolute atomic E-state index is 12.0. The van der Waals surface area contributed by atoms with Crippen molar-refractivity contribution in [2.24, 2.45) is 0 Å². The zero-order valence-corrected chi connectivity index (χ0v) is 10.6. The summed E-state index contributed by atoms with van der Waals surface area (Å²) in [5.74, 6) is 0. The van der Waals surface area contributed by atoms with E-state index >= 15 is 0 Å². The first-order valence-electron chi connectivity index (χ1n) is 4.93. The molecule has 0 saturated carbocycles. The Morgan fingerprint density at radius 1 is 1.12 bits per heavy atom. The molecule has 0 amide bonds. The molecule has 4 nitrogen and oxygen atoms in total. The van der Waals surface area contributed by atoms with Crippen LogP contribution in [0.25, 0.3) is 0 Å². The summed E-state index contributed by atoms with van der Waals surface area (Å²) in [6.07, 6.45) is -0.0764. The molecule has 1 rings (SSSR count). The van der Waals surface area contributed by atoms with Crippen molar-refractivity contribution in [3.63, 3.8) is 0 Å². The fraction of sp³-hybridized carbons (Fsp3) is 0.455. The Balaban J connectivity index is 2.81. The number of benzene rings is 1. The number of ether oxygens (including phenoxy) is 1.